The minimum absolute atomic E-state index is 0.138. The lowest BCUT2D eigenvalue weighted by atomic mass is 10.1. The Hall–Kier alpha value is -4.01. The van der Waals surface area contributed by atoms with Crippen molar-refractivity contribution in [3.63, 3.8) is 0 Å². The van der Waals surface area contributed by atoms with Crippen molar-refractivity contribution in [2.75, 3.05) is 12.0 Å². The molecule has 0 spiro atoms. The number of fused-ring (bicyclic) bond motifs is 2. The number of nitro groups is 1. The lowest BCUT2D eigenvalue weighted by molar-refractivity contribution is -0.384. The lowest BCUT2D eigenvalue weighted by Crippen LogP contribution is -2.26. The number of halogens is 1. The van der Waals surface area contributed by atoms with Gasteiger partial charge in [-0.25, -0.2) is 0 Å². The SMILES string of the molecule is COc1ccc(-c2ccc(/C=C/C(=O)N3c4ccccc4Sc4ccc(Cl)cc43)o2)c([N+](=O)[O-])c1. The summed E-state index contributed by atoms with van der Waals surface area (Å²) in [6.07, 6.45) is 2.94. The van der Waals surface area contributed by atoms with Gasteiger partial charge in [0.1, 0.15) is 17.3 Å². The number of methoxy groups -OCH3 is 1. The molecule has 0 radical (unpaired) electrons. The maximum Gasteiger partial charge on any atom is 0.284 e. The summed E-state index contributed by atoms with van der Waals surface area (Å²) in [6.45, 7) is 0. The predicted octanol–water partition coefficient (Wildman–Crippen LogP) is 7.36. The molecule has 4 aromatic rings. The molecule has 0 fully saturated rings. The molecule has 9 heteroatoms. The second-order valence-corrected chi connectivity index (χ2v) is 9.05. The van der Waals surface area contributed by atoms with Gasteiger partial charge < -0.3 is 9.15 Å². The average molecular weight is 505 g/mol. The number of nitro benzene ring substituents is 1. The molecular formula is C26H17ClN2O5S. The number of amides is 1. The number of hydrogen-bond acceptors (Lipinski definition) is 6. The topological polar surface area (TPSA) is 85.8 Å². The molecule has 1 aliphatic rings. The fourth-order valence-corrected chi connectivity index (χ4v) is 4.98. The van der Waals surface area contributed by atoms with Crippen LogP contribution >= 0.6 is 23.4 Å². The fraction of sp³-hybridized carbons (Fsp3) is 0.0385. The number of rotatable bonds is 5. The van der Waals surface area contributed by atoms with E-state index in [2.05, 4.69) is 0 Å². The molecule has 1 amide bonds. The number of hydrogen-bond donors (Lipinski definition) is 0. The van der Waals surface area contributed by atoms with Crippen LogP contribution in [-0.4, -0.2) is 17.9 Å². The zero-order chi connectivity index (χ0) is 24.5. The number of carbonyl (C=O) groups excluding carboxylic acids is 1. The summed E-state index contributed by atoms with van der Waals surface area (Å²) in [5.41, 5.74) is 1.63. The largest absolute Gasteiger partial charge is 0.497 e. The van der Waals surface area contributed by atoms with Gasteiger partial charge >= 0.3 is 0 Å². The smallest absolute Gasteiger partial charge is 0.284 e. The number of benzene rings is 3. The molecule has 0 unspecified atom stereocenters. The van der Waals surface area contributed by atoms with Crippen LogP contribution in [0, 0.1) is 10.1 Å². The van der Waals surface area contributed by atoms with Crippen molar-refractivity contribution in [3.8, 4) is 17.1 Å². The van der Waals surface area contributed by atoms with Crippen LogP contribution in [0.3, 0.4) is 0 Å². The monoisotopic (exact) mass is 504 g/mol. The molecule has 2 heterocycles. The van der Waals surface area contributed by atoms with Crippen molar-refractivity contribution in [1.29, 1.82) is 0 Å². The Kier molecular flexibility index (Phi) is 6.07. The van der Waals surface area contributed by atoms with Crippen LogP contribution in [0.5, 0.6) is 5.75 Å². The molecule has 1 aliphatic heterocycles. The maximum atomic E-state index is 13.3. The first-order valence-corrected chi connectivity index (χ1v) is 11.7. The molecule has 5 rings (SSSR count). The summed E-state index contributed by atoms with van der Waals surface area (Å²) in [6, 6.07) is 20.9. The molecular weight excluding hydrogens is 488 g/mol. The highest BCUT2D eigenvalue weighted by Crippen LogP contribution is 2.48. The van der Waals surface area contributed by atoms with Crippen LogP contribution in [0.1, 0.15) is 5.76 Å². The van der Waals surface area contributed by atoms with Gasteiger partial charge in [0.2, 0.25) is 0 Å². The van der Waals surface area contributed by atoms with E-state index in [0.717, 1.165) is 15.5 Å². The molecule has 1 aromatic heterocycles. The number of carbonyl (C=O) groups is 1. The number of nitrogens with zero attached hydrogens (tertiary/aromatic N) is 2. The van der Waals surface area contributed by atoms with Crippen LogP contribution in [0.4, 0.5) is 17.1 Å². The van der Waals surface area contributed by atoms with E-state index < -0.39 is 4.92 Å². The summed E-state index contributed by atoms with van der Waals surface area (Å²) in [7, 11) is 1.44. The van der Waals surface area contributed by atoms with Crippen molar-refractivity contribution < 1.29 is 18.9 Å². The Morgan fingerprint density at radius 3 is 2.66 bits per heavy atom. The first-order chi connectivity index (χ1) is 16.9. The van der Waals surface area contributed by atoms with Gasteiger partial charge in [0.15, 0.2) is 0 Å². The van der Waals surface area contributed by atoms with Gasteiger partial charge in [0.05, 0.1) is 35.0 Å². The number of anilines is 2. The highest BCUT2D eigenvalue weighted by Gasteiger charge is 2.27. The Bertz CT molecular complexity index is 1500. The third-order valence-electron chi connectivity index (χ3n) is 5.39. The zero-order valence-electron chi connectivity index (χ0n) is 18.3. The molecule has 0 aliphatic carbocycles. The van der Waals surface area contributed by atoms with Gasteiger partial charge in [-0.3, -0.25) is 19.8 Å². The Morgan fingerprint density at radius 2 is 1.86 bits per heavy atom. The Morgan fingerprint density at radius 1 is 1.06 bits per heavy atom. The normalized spacial score (nSPS) is 12.3. The Balaban J connectivity index is 1.46. The second-order valence-electron chi connectivity index (χ2n) is 7.53. The summed E-state index contributed by atoms with van der Waals surface area (Å²) in [4.78, 5) is 27.9. The molecule has 0 saturated heterocycles. The van der Waals surface area contributed by atoms with E-state index in [4.69, 9.17) is 20.8 Å². The summed E-state index contributed by atoms with van der Waals surface area (Å²) in [5.74, 6) is 0.778. The molecule has 35 heavy (non-hydrogen) atoms. The van der Waals surface area contributed by atoms with Gasteiger partial charge in [-0.2, -0.15) is 0 Å². The average Bonchev–Trinajstić information content (AvgIpc) is 3.34. The standard InChI is InChI=1S/C26H17ClN2O5S/c1-33-18-7-10-19(21(15-18)29(31)32)23-11-8-17(34-23)9-13-26(30)28-20-4-2-3-5-24(20)35-25-12-6-16(27)14-22(25)28/h2-15H,1H3/b13-9+. The van der Waals surface area contributed by atoms with E-state index >= 15 is 0 Å². The molecule has 0 saturated carbocycles. The van der Waals surface area contributed by atoms with Gasteiger partial charge in [-0.05, 0) is 60.7 Å². The molecule has 0 bridgehead atoms. The minimum atomic E-state index is -0.492. The van der Waals surface area contributed by atoms with Crippen molar-refractivity contribution in [1.82, 2.24) is 0 Å². The predicted molar refractivity (Wildman–Crippen MR) is 136 cm³/mol. The molecule has 7 nitrogen and oxygen atoms in total. The van der Waals surface area contributed by atoms with Gasteiger partial charge in [-0.15, -0.1) is 0 Å². The molecule has 0 N–H and O–H groups in total. The third kappa shape index (κ3) is 4.41. The first kappa shape index (κ1) is 22.8. The van der Waals surface area contributed by atoms with E-state index in [0.29, 0.717) is 33.5 Å². The van der Waals surface area contributed by atoms with Crippen LogP contribution in [0.25, 0.3) is 17.4 Å². The summed E-state index contributed by atoms with van der Waals surface area (Å²) in [5, 5.41) is 12.0. The van der Waals surface area contributed by atoms with Gasteiger partial charge in [0, 0.05) is 20.9 Å². The van der Waals surface area contributed by atoms with E-state index in [1.165, 1.54) is 25.3 Å². The molecule has 3 aromatic carbocycles. The highest BCUT2D eigenvalue weighted by molar-refractivity contribution is 7.99. The van der Waals surface area contributed by atoms with Crippen molar-refractivity contribution in [3.05, 3.63) is 99.8 Å². The fourth-order valence-electron chi connectivity index (χ4n) is 3.78. The number of ether oxygens (including phenoxy) is 1. The number of para-hydroxylation sites is 1. The van der Waals surface area contributed by atoms with Crippen LogP contribution < -0.4 is 9.64 Å². The van der Waals surface area contributed by atoms with E-state index in [-0.39, 0.29) is 11.6 Å². The van der Waals surface area contributed by atoms with Gasteiger partial charge in [0.25, 0.3) is 11.6 Å². The van der Waals surface area contributed by atoms with E-state index in [1.807, 2.05) is 30.3 Å². The maximum absolute atomic E-state index is 13.3. The van der Waals surface area contributed by atoms with Crippen molar-refractivity contribution in [2.24, 2.45) is 0 Å². The zero-order valence-corrected chi connectivity index (χ0v) is 19.9. The number of furan rings is 1. The quantitative estimate of drug-likeness (QED) is 0.160. The third-order valence-corrected chi connectivity index (χ3v) is 6.76. The molecule has 0 atom stereocenters. The van der Waals surface area contributed by atoms with Gasteiger partial charge in [-0.1, -0.05) is 35.5 Å². The first-order valence-electron chi connectivity index (χ1n) is 10.5. The Labute approximate surface area is 209 Å². The minimum Gasteiger partial charge on any atom is -0.497 e. The van der Waals surface area contributed by atoms with Crippen LogP contribution in [-0.2, 0) is 4.79 Å². The second kappa shape index (κ2) is 9.32. The summed E-state index contributed by atoms with van der Waals surface area (Å²) >= 11 is 7.80. The summed E-state index contributed by atoms with van der Waals surface area (Å²) < 4.78 is 10.9. The van der Waals surface area contributed by atoms with Crippen LogP contribution in [0.15, 0.2) is 93.1 Å². The van der Waals surface area contributed by atoms with E-state index in [1.54, 1.807) is 53.1 Å². The van der Waals surface area contributed by atoms with E-state index in [9.17, 15) is 14.9 Å². The van der Waals surface area contributed by atoms with Crippen LogP contribution in [0.2, 0.25) is 5.02 Å². The van der Waals surface area contributed by atoms with Crippen molar-refractivity contribution >= 4 is 52.4 Å². The lowest BCUT2D eigenvalue weighted by Gasteiger charge is -2.30. The molecule has 174 valence electrons. The highest BCUT2D eigenvalue weighted by atomic mass is 35.5. The van der Waals surface area contributed by atoms with Crippen molar-refractivity contribution in [2.45, 2.75) is 9.79 Å².